The molecular formula is C14H17Cl. The zero-order valence-electron chi connectivity index (χ0n) is 9.55. The Morgan fingerprint density at radius 3 is 2.53 bits per heavy atom. The van der Waals surface area contributed by atoms with E-state index >= 15 is 0 Å². The van der Waals surface area contributed by atoms with Gasteiger partial charge in [-0.1, -0.05) is 42.4 Å². The van der Waals surface area contributed by atoms with Crippen LogP contribution in [0.15, 0.2) is 46.6 Å². The van der Waals surface area contributed by atoms with Gasteiger partial charge in [0.25, 0.3) is 0 Å². The van der Waals surface area contributed by atoms with Crippen molar-refractivity contribution in [2.45, 2.75) is 32.6 Å². The van der Waals surface area contributed by atoms with Crippen LogP contribution in [-0.4, -0.2) is 5.38 Å². The first-order chi connectivity index (χ1) is 7.09. The van der Waals surface area contributed by atoms with Crippen molar-refractivity contribution in [3.8, 4) is 0 Å². The average molecular weight is 221 g/mol. The van der Waals surface area contributed by atoms with Crippen molar-refractivity contribution in [3.63, 3.8) is 0 Å². The van der Waals surface area contributed by atoms with Gasteiger partial charge in [0, 0.05) is 5.92 Å². The van der Waals surface area contributed by atoms with Crippen molar-refractivity contribution in [2.75, 3.05) is 0 Å². The number of rotatable bonds is 1. The molecule has 0 N–H and O–H groups in total. The molecule has 0 saturated heterocycles. The van der Waals surface area contributed by atoms with Crippen molar-refractivity contribution in [3.05, 3.63) is 46.6 Å². The number of allylic oxidation sites excluding steroid dienone is 8. The molecule has 80 valence electrons. The monoisotopic (exact) mass is 220 g/mol. The van der Waals surface area contributed by atoms with Crippen LogP contribution in [0.5, 0.6) is 0 Å². The molecule has 2 unspecified atom stereocenters. The third-order valence-corrected chi connectivity index (χ3v) is 3.81. The van der Waals surface area contributed by atoms with Gasteiger partial charge in [-0.2, -0.15) is 0 Å². The smallest absolute Gasteiger partial charge is 0.0554 e. The van der Waals surface area contributed by atoms with E-state index in [2.05, 4.69) is 45.1 Å². The van der Waals surface area contributed by atoms with Crippen LogP contribution in [0.2, 0.25) is 0 Å². The van der Waals surface area contributed by atoms with Crippen LogP contribution in [0.3, 0.4) is 0 Å². The molecule has 0 saturated carbocycles. The minimum atomic E-state index is 0.182. The summed E-state index contributed by atoms with van der Waals surface area (Å²) in [6.07, 6.45) is 9.77. The summed E-state index contributed by atoms with van der Waals surface area (Å²) in [5.74, 6) is 0.563. The maximum Gasteiger partial charge on any atom is 0.0554 e. The predicted molar refractivity (Wildman–Crippen MR) is 67.1 cm³/mol. The fourth-order valence-electron chi connectivity index (χ4n) is 2.19. The Hall–Kier alpha value is -0.750. The van der Waals surface area contributed by atoms with Gasteiger partial charge in [0.1, 0.15) is 0 Å². The molecule has 1 heteroatoms. The van der Waals surface area contributed by atoms with Gasteiger partial charge in [0.2, 0.25) is 0 Å². The minimum absolute atomic E-state index is 0.182. The lowest BCUT2D eigenvalue weighted by atomic mass is 9.90. The Morgan fingerprint density at radius 2 is 2.07 bits per heavy atom. The Kier molecular flexibility index (Phi) is 2.88. The van der Waals surface area contributed by atoms with Crippen LogP contribution in [0.25, 0.3) is 0 Å². The zero-order valence-corrected chi connectivity index (χ0v) is 10.3. The van der Waals surface area contributed by atoms with E-state index in [0.717, 1.165) is 6.42 Å². The van der Waals surface area contributed by atoms with E-state index < -0.39 is 0 Å². The van der Waals surface area contributed by atoms with Gasteiger partial charge in [-0.05, 0) is 31.4 Å². The number of hydrogen-bond acceptors (Lipinski definition) is 0. The maximum absolute atomic E-state index is 6.02. The molecule has 0 aliphatic heterocycles. The molecule has 0 amide bonds. The Labute approximate surface area is 97.0 Å². The molecular weight excluding hydrogens is 204 g/mol. The highest BCUT2D eigenvalue weighted by Gasteiger charge is 2.21. The van der Waals surface area contributed by atoms with Crippen molar-refractivity contribution in [1.82, 2.24) is 0 Å². The first-order valence-corrected chi connectivity index (χ1v) is 5.95. The quantitative estimate of drug-likeness (QED) is 0.575. The standard InChI is InChI=1S/C14H17Cl/c1-9-8-14(11(3)10(9)2)12-4-6-13(15)7-5-12/h4-6,8,11,13H,7H2,1-3H3. The van der Waals surface area contributed by atoms with Crippen molar-refractivity contribution < 1.29 is 0 Å². The lowest BCUT2D eigenvalue weighted by Crippen LogP contribution is -2.03. The molecule has 2 atom stereocenters. The van der Waals surface area contributed by atoms with Gasteiger partial charge < -0.3 is 0 Å². The van der Waals surface area contributed by atoms with Gasteiger partial charge >= 0.3 is 0 Å². The number of alkyl halides is 1. The highest BCUT2D eigenvalue weighted by Crippen LogP contribution is 2.37. The highest BCUT2D eigenvalue weighted by atomic mass is 35.5. The summed E-state index contributed by atoms with van der Waals surface area (Å²) in [4.78, 5) is 0. The van der Waals surface area contributed by atoms with Crippen LogP contribution in [-0.2, 0) is 0 Å². The van der Waals surface area contributed by atoms with E-state index in [0.29, 0.717) is 5.92 Å². The first-order valence-electron chi connectivity index (χ1n) is 5.51. The van der Waals surface area contributed by atoms with Gasteiger partial charge in [0.05, 0.1) is 5.38 Å². The summed E-state index contributed by atoms with van der Waals surface area (Å²) in [7, 11) is 0. The van der Waals surface area contributed by atoms with Crippen molar-refractivity contribution in [1.29, 1.82) is 0 Å². The average Bonchev–Trinajstić information content (AvgIpc) is 2.47. The van der Waals surface area contributed by atoms with E-state index in [1.165, 1.54) is 22.3 Å². The summed E-state index contributed by atoms with van der Waals surface area (Å²) in [6, 6.07) is 0. The van der Waals surface area contributed by atoms with Gasteiger partial charge in [-0.25, -0.2) is 0 Å². The third-order valence-electron chi connectivity index (χ3n) is 3.49. The van der Waals surface area contributed by atoms with Gasteiger partial charge in [-0.15, -0.1) is 11.6 Å². The Bertz CT molecular complexity index is 394. The summed E-state index contributed by atoms with van der Waals surface area (Å²) < 4.78 is 0. The maximum atomic E-state index is 6.02. The molecule has 0 bridgehead atoms. The van der Waals surface area contributed by atoms with Crippen LogP contribution >= 0.6 is 11.6 Å². The highest BCUT2D eigenvalue weighted by molar-refractivity contribution is 6.22. The molecule has 2 rings (SSSR count). The topological polar surface area (TPSA) is 0 Å². The van der Waals surface area contributed by atoms with E-state index in [-0.39, 0.29) is 5.38 Å². The zero-order chi connectivity index (χ0) is 11.0. The molecule has 0 nitrogen and oxygen atoms in total. The summed E-state index contributed by atoms with van der Waals surface area (Å²) >= 11 is 6.02. The van der Waals surface area contributed by atoms with Crippen LogP contribution in [0.4, 0.5) is 0 Å². The fourth-order valence-corrected chi connectivity index (χ4v) is 2.35. The molecule has 0 fully saturated rings. The van der Waals surface area contributed by atoms with E-state index in [1.54, 1.807) is 0 Å². The third kappa shape index (κ3) is 1.96. The predicted octanol–water partition coefficient (Wildman–Crippen LogP) is 4.39. The molecule has 0 aromatic rings. The number of hydrogen-bond donors (Lipinski definition) is 0. The summed E-state index contributed by atoms with van der Waals surface area (Å²) in [5.41, 5.74) is 5.72. The lowest BCUT2D eigenvalue weighted by molar-refractivity contribution is 0.825. The SMILES string of the molecule is CC1=C(C)C(C)C(C2=CCC(Cl)C=C2)=C1. The van der Waals surface area contributed by atoms with Crippen LogP contribution in [0.1, 0.15) is 27.2 Å². The number of halogens is 1. The first kappa shape index (κ1) is 10.8. The summed E-state index contributed by atoms with van der Waals surface area (Å²) in [6.45, 7) is 6.69. The molecule has 0 spiro atoms. The molecule has 0 radical (unpaired) electrons. The second-order valence-electron chi connectivity index (χ2n) is 4.46. The largest absolute Gasteiger partial charge is 0.118 e. The van der Waals surface area contributed by atoms with Gasteiger partial charge in [0.15, 0.2) is 0 Å². The van der Waals surface area contributed by atoms with Crippen LogP contribution < -0.4 is 0 Å². The second-order valence-corrected chi connectivity index (χ2v) is 5.02. The minimum Gasteiger partial charge on any atom is -0.118 e. The normalized spacial score (nSPS) is 30.7. The lowest BCUT2D eigenvalue weighted by Gasteiger charge is -2.16. The van der Waals surface area contributed by atoms with Crippen molar-refractivity contribution >= 4 is 11.6 Å². The molecule has 0 aromatic heterocycles. The van der Waals surface area contributed by atoms with E-state index in [4.69, 9.17) is 11.6 Å². The van der Waals surface area contributed by atoms with E-state index in [1.807, 2.05) is 0 Å². The molecule has 2 aliphatic rings. The van der Waals surface area contributed by atoms with E-state index in [9.17, 15) is 0 Å². The summed E-state index contributed by atoms with van der Waals surface area (Å²) in [5, 5.41) is 0.182. The Morgan fingerprint density at radius 1 is 1.33 bits per heavy atom. The molecule has 15 heavy (non-hydrogen) atoms. The molecule has 0 heterocycles. The van der Waals surface area contributed by atoms with Crippen LogP contribution in [0, 0.1) is 5.92 Å². The second kappa shape index (κ2) is 4.02. The molecule has 2 aliphatic carbocycles. The van der Waals surface area contributed by atoms with Crippen molar-refractivity contribution in [2.24, 2.45) is 5.92 Å². The van der Waals surface area contributed by atoms with Gasteiger partial charge in [-0.3, -0.25) is 0 Å². The molecule has 0 aromatic carbocycles. The fraction of sp³-hybridized carbons (Fsp3) is 0.429. The Balaban J connectivity index is 2.23.